The van der Waals surface area contributed by atoms with E-state index in [-0.39, 0.29) is 16.7 Å². The van der Waals surface area contributed by atoms with Crippen LogP contribution in [0.1, 0.15) is 41.5 Å². The molecule has 2 aromatic rings. The number of esters is 1. The summed E-state index contributed by atoms with van der Waals surface area (Å²) >= 11 is 0. The number of carbonyl (C=O) groups excluding carboxylic acids is 1. The third-order valence-corrected chi connectivity index (χ3v) is 3.50. The number of ether oxygens (including phenoxy) is 1. The molecule has 0 saturated carbocycles. The van der Waals surface area contributed by atoms with Gasteiger partial charge >= 0.3 is 17.9 Å². The van der Waals surface area contributed by atoms with Gasteiger partial charge in [-0.3, -0.25) is 9.59 Å². The number of hydrogen-bond donors (Lipinski definition) is 2. The van der Waals surface area contributed by atoms with Crippen LogP contribution in [-0.4, -0.2) is 38.3 Å². The molecule has 0 amide bonds. The van der Waals surface area contributed by atoms with Crippen molar-refractivity contribution >= 4 is 17.9 Å². The molecule has 0 aliphatic rings. The van der Waals surface area contributed by atoms with Gasteiger partial charge in [-0.25, -0.2) is 9.59 Å². The van der Waals surface area contributed by atoms with Crippen LogP contribution in [0.15, 0.2) is 41.3 Å². The minimum atomic E-state index is -1.48. The first kappa shape index (κ1) is 19.9. The number of benzene rings is 1. The Morgan fingerprint density at radius 2 is 1.63 bits per heavy atom. The predicted molar refractivity (Wildman–Crippen MR) is 95.9 cm³/mol. The Labute approximate surface area is 154 Å². The molecule has 0 aliphatic carbocycles. The smallest absolute Gasteiger partial charge is 0.341 e. The van der Waals surface area contributed by atoms with Gasteiger partial charge in [-0.15, -0.1) is 0 Å². The van der Waals surface area contributed by atoms with Crippen molar-refractivity contribution in [3.05, 3.63) is 58.0 Å². The quantitative estimate of drug-likeness (QED) is 0.771. The zero-order valence-electron chi connectivity index (χ0n) is 15.1. The van der Waals surface area contributed by atoms with Crippen molar-refractivity contribution in [2.45, 2.75) is 32.9 Å². The Morgan fingerprint density at radius 1 is 1.04 bits per heavy atom. The highest BCUT2D eigenvalue weighted by atomic mass is 16.6. The summed E-state index contributed by atoms with van der Waals surface area (Å²) in [5, 5.41) is 18.7. The molecular formula is C19H19NO7. The van der Waals surface area contributed by atoms with Gasteiger partial charge in [-0.1, -0.05) is 18.2 Å². The second-order valence-corrected chi connectivity index (χ2v) is 6.82. The lowest BCUT2D eigenvalue weighted by Gasteiger charge is -2.20. The molecule has 2 rings (SSSR count). The molecule has 1 aromatic carbocycles. The van der Waals surface area contributed by atoms with Crippen LogP contribution in [0.3, 0.4) is 0 Å². The fourth-order valence-corrected chi connectivity index (χ4v) is 2.49. The normalized spacial score (nSPS) is 11.1. The maximum Gasteiger partial charge on any atom is 0.341 e. The molecule has 0 radical (unpaired) electrons. The summed E-state index contributed by atoms with van der Waals surface area (Å²) in [6, 6.07) is 7.07. The summed E-state index contributed by atoms with van der Waals surface area (Å²) in [6.45, 7) is 4.49. The second-order valence-electron chi connectivity index (χ2n) is 6.82. The molecule has 1 aromatic heterocycles. The third-order valence-electron chi connectivity index (χ3n) is 3.50. The minimum absolute atomic E-state index is 0.0590. The fourth-order valence-electron chi connectivity index (χ4n) is 2.49. The van der Waals surface area contributed by atoms with Gasteiger partial charge in [0.15, 0.2) is 0 Å². The lowest BCUT2D eigenvalue weighted by molar-refractivity contribution is -0.155. The number of pyridine rings is 1. The maximum absolute atomic E-state index is 12.4. The number of carbonyl (C=O) groups is 3. The van der Waals surface area contributed by atoms with E-state index in [9.17, 15) is 29.4 Å². The first-order chi connectivity index (χ1) is 12.5. The summed E-state index contributed by atoms with van der Waals surface area (Å²) in [6.07, 6.45) is 1.25. The van der Waals surface area contributed by atoms with Crippen molar-refractivity contribution in [2.24, 2.45) is 0 Å². The topological polar surface area (TPSA) is 123 Å². The van der Waals surface area contributed by atoms with Crippen molar-refractivity contribution in [2.75, 3.05) is 0 Å². The Bertz CT molecular complexity index is 967. The summed E-state index contributed by atoms with van der Waals surface area (Å²) in [4.78, 5) is 47.3. The van der Waals surface area contributed by atoms with Gasteiger partial charge in [0.1, 0.15) is 17.7 Å². The summed E-state index contributed by atoms with van der Waals surface area (Å²) in [5.41, 5.74) is -1.87. The van der Waals surface area contributed by atoms with Crippen molar-refractivity contribution in [1.29, 1.82) is 0 Å². The van der Waals surface area contributed by atoms with Crippen LogP contribution in [0.2, 0.25) is 0 Å². The highest BCUT2D eigenvalue weighted by Gasteiger charge is 2.21. The van der Waals surface area contributed by atoms with Crippen LogP contribution >= 0.6 is 0 Å². The highest BCUT2D eigenvalue weighted by Crippen LogP contribution is 2.24. The third kappa shape index (κ3) is 4.81. The van der Waals surface area contributed by atoms with Crippen molar-refractivity contribution in [1.82, 2.24) is 4.57 Å². The number of carboxylic acid groups (broad SMARTS) is 2. The van der Waals surface area contributed by atoms with E-state index in [4.69, 9.17) is 4.74 Å². The number of carboxylic acids is 2. The van der Waals surface area contributed by atoms with Crippen molar-refractivity contribution < 1.29 is 29.3 Å². The zero-order chi connectivity index (χ0) is 20.4. The average Bonchev–Trinajstić information content (AvgIpc) is 2.54. The highest BCUT2D eigenvalue weighted by molar-refractivity contribution is 5.97. The second kappa shape index (κ2) is 7.45. The fraction of sp³-hybridized carbons (Fsp3) is 0.263. The van der Waals surface area contributed by atoms with Crippen molar-refractivity contribution in [3.63, 3.8) is 0 Å². The van der Waals surface area contributed by atoms with Gasteiger partial charge in [-0.2, -0.15) is 0 Å². The Balaban J connectivity index is 2.60. The van der Waals surface area contributed by atoms with Gasteiger partial charge in [-0.05, 0) is 44.0 Å². The van der Waals surface area contributed by atoms with Gasteiger partial charge in [0.2, 0.25) is 0 Å². The molecule has 0 aliphatic heterocycles. The Hall–Kier alpha value is -3.42. The SMILES string of the molecule is CC(C)(C)OC(=O)Cn1cc(-c2ccccc2C(=O)O)cc(C(=O)O)c1=O. The molecule has 2 N–H and O–H groups in total. The molecule has 27 heavy (non-hydrogen) atoms. The average molecular weight is 373 g/mol. The molecule has 0 fully saturated rings. The van der Waals surface area contributed by atoms with E-state index in [2.05, 4.69) is 0 Å². The number of aromatic nitrogens is 1. The summed E-state index contributed by atoms with van der Waals surface area (Å²) in [7, 11) is 0. The number of aromatic carboxylic acids is 2. The first-order valence-electron chi connectivity index (χ1n) is 8.02. The molecule has 0 atom stereocenters. The zero-order valence-corrected chi connectivity index (χ0v) is 15.1. The molecule has 142 valence electrons. The van der Waals surface area contributed by atoms with E-state index in [0.29, 0.717) is 0 Å². The molecule has 8 nitrogen and oxygen atoms in total. The first-order valence-corrected chi connectivity index (χ1v) is 8.02. The minimum Gasteiger partial charge on any atom is -0.478 e. The van der Waals surface area contributed by atoms with E-state index in [1.165, 1.54) is 24.4 Å². The summed E-state index contributed by atoms with van der Waals surface area (Å²) < 4.78 is 6.07. The summed E-state index contributed by atoms with van der Waals surface area (Å²) in [5.74, 6) is -3.40. The molecule has 1 heterocycles. The largest absolute Gasteiger partial charge is 0.478 e. The predicted octanol–water partition coefficient (Wildman–Crippen LogP) is 2.25. The van der Waals surface area contributed by atoms with E-state index in [1.807, 2.05) is 0 Å². The van der Waals surface area contributed by atoms with Gasteiger partial charge in [0.05, 0.1) is 5.56 Å². The van der Waals surface area contributed by atoms with Crippen LogP contribution < -0.4 is 5.56 Å². The van der Waals surface area contributed by atoms with Crippen LogP contribution in [0.25, 0.3) is 11.1 Å². The van der Waals surface area contributed by atoms with Gasteiger partial charge in [0.25, 0.3) is 5.56 Å². The van der Waals surface area contributed by atoms with Crippen LogP contribution in [-0.2, 0) is 16.1 Å². The van der Waals surface area contributed by atoms with Crippen LogP contribution in [0.5, 0.6) is 0 Å². The van der Waals surface area contributed by atoms with Crippen LogP contribution in [0.4, 0.5) is 0 Å². The van der Waals surface area contributed by atoms with E-state index < -0.39 is 41.2 Å². The Morgan fingerprint density at radius 3 is 2.19 bits per heavy atom. The van der Waals surface area contributed by atoms with Gasteiger partial charge < -0.3 is 19.5 Å². The standard InChI is InChI=1S/C19H19NO7/c1-19(2,3)27-15(21)10-20-9-11(8-14(16(20)22)18(25)26)12-6-4-5-7-13(12)17(23)24/h4-9H,10H2,1-3H3,(H,23,24)(H,25,26). The van der Waals surface area contributed by atoms with Crippen molar-refractivity contribution in [3.8, 4) is 11.1 Å². The number of hydrogen-bond acceptors (Lipinski definition) is 5. The van der Waals surface area contributed by atoms with E-state index in [1.54, 1.807) is 26.8 Å². The van der Waals surface area contributed by atoms with Crippen LogP contribution in [0, 0.1) is 0 Å². The molecule has 8 heteroatoms. The van der Waals surface area contributed by atoms with Gasteiger partial charge in [0, 0.05) is 6.20 Å². The lowest BCUT2D eigenvalue weighted by Crippen LogP contribution is -2.32. The monoisotopic (exact) mass is 373 g/mol. The Kier molecular flexibility index (Phi) is 5.49. The molecular weight excluding hydrogens is 354 g/mol. The molecule has 0 spiro atoms. The van der Waals surface area contributed by atoms with E-state index >= 15 is 0 Å². The van der Waals surface area contributed by atoms with E-state index in [0.717, 1.165) is 10.6 Å². The maximum atomic E-state index is 12.4. The lowest BCUT2D eigenvalue weighted by atomic mass is 10.00. The molecule has 0 unspecified atom stereocenters. The number of nitrogens with zero attached hydrogens (tertiary/aromatic N) is 1. The molecule has 0 saturated heterocycles. The number of rotatable bonds is 5. The molecule has 0 bridgehead atoms.